The van der Waals surface area contributed by atoms with Crippen LogP contribution in [0.5, 0.6) is 5.75 Å². The lowest BCUT2D eigenvalue weighted by molar-refractivity contribution is -0.384. The summed E-state index contributed by atoms with van der Waals surface area (Å²) in [6, 6.07) is 15.9. The molecule has 0 atom stereocenters. The van der Waals surface area contributed by atoms with E-state index in [1.165, 1.54) is 0 Å². The summed E-state index contributed by atoms with van der Waals surface area (Å²) in [6.45, 7) is 5.06. The van der Waals surface area contributed by atoms with E-state index in [4.69, 9.17) is 10.00 Å². The zero-order valence-electron chi connectivity index (χ0n) is 14.4. The monoisotopic (exact) mass is 352 g/mol. The second kappa shape index (κ2) is 8.32. The van der Waals surface area contributed by atoms with Crippen molar-refractivity contribution in [3.05, 3.63) is 64.2 Å². The van der Waals surface area contributed by atoms with Crippen molar-refractivity contribution in [1.82, 2.24) is 4.90 Å². The minimum absolute atomic E-state index is 0.118. The Morgan fingerprint density at radius 3 is 2.27 bits per heavy atom. The third-order valence-electron chi connectivity index (χ3n) is 4.46. The predicted octanol–water partition coefficient (Wildman–Crippen LogP) is 2.67. The maximum atomic E-state index is 10.7. The van der Waals surface area contributed by atoms with Crippen LogP contribution in [0.1, 0.15) is 5.56 Å². The van der Waals surface area contributed by atoms with Crippen molar-refractivity contribution < 1.29 is 9.66 Å². The third-order valence-corrected chi connectivity index (χ3v) is 4.46. The summed E-state index contributed by atoms with van der Waals surface area (Å²) in [4.78, 5) is 14.9. The average molecular weight is 352 g/mol. The lowest BCUT2D eigenvalue weighted by Crippen LogP contribution is -2.47. The van der Waals surface area contributed by atoms with Gasteiger partial charge >= 0.3 is 0 Å². The summed E-state index contributed by atoms with van der Waals surface area (Å²) in [5.74, 6) is 0.772. The Morgan fingerprint density at radius 1 is 1.04 bits per heavy atom. The summed E-state index contributed by atoms with van der Waals surface area (Å²) in [6.07, 6.45) is 0. The molecule has 1 saturated heterocycles. The molecule has 0 bridgehead atoms. The van der Waals surface area contributed by atoms with Crippen LogP contribution >= 0.6 is 0 Å². The van der Waals surface area contributed by atoms with Crippen LogP contribution in [0.2, 0.25) is 0 Å². The number of nitro benzene ring substituents is 1. The van der Waals surface area contributed by atoms with Gasteiger partial charge in [0.2, 0.25) is 0 Å². The minimum atomic E-state index is -0.379. The highest BCUT2D eigenvalue weighted by molar-refractivity contribution is 5.51. The van der Waals surface area contributed by atoms with Crippen molar-refractivity contribution in [1.29, 1.82) is 5.26 Å². The Kier molecular flexibility index (Phi) is 5.66. The van der Waals surface area contributed by atoms with E-state index in [0.717, 1.165) is 44.2 Å². The van der Waals surface area contributed by atoms with Gasteiger partial charge in [0.25, 0.3) is 5.69 Å². The Labute approximate surface area is 152 Å². The largest absolute Gasteiger partial charge is 0.492 e. The normalized spacial score (nSPS) is 14.7. The van der Waals surface area contributed by atoms with Gasteiger partial charge in [-0.3, -0.25) is 15.0 Å². The van der Waals surface area contributed by atoms with Crippen LogP contribution in [0.3, 0.4) is 0 Å². The van der Waals surface area contributed by atoms with Crippen molar-refractivity contribution in [2.75, 3.05) is 44.2 Å². The molecule has 0 N–H and O–H groups in total. The van der Waals surface area contributed by atoms with Crippen LogP contribution in [-0.2, 0) is 0 Å². The van der Waals surface area contributed by atoms with Gasteiger partial charge in [-0.25, -0.2) is 0 Å². The molecular weight excluding hydrogens is 332 g/mol. The lowest BCUT2D eigenvalue weighted by Gasteiger charge is -2.36. The maximum absolute atomic E-state index is 10.7. The van der Waals surface area contributed by atoms with Crippen molar-refractivity contribution in [2.45, 2.75) is 0 Å². The van der Waals surface area contributed by atoms with Crippen LogP contribution in [0, 0.1) is 21.4 Å². The summed E-state index contributed by atoms with van der Waals surface area (Å²) in [5.41, 5.74) is 1.76. The third kappa shape index (κ3) is 4.49. The number of anilines is 1. The number of hydrogen-bond acceptors (Lipinski definition) is 6. The highest BCUT2D eigenvalue weighted by Crippen LogP contribution is 2.20. The Morgan fingerprint density at radius 2 is 1.69 bits per heavy atom. The van der Waals surface area contributed by atoms with E-state index in [-0.39, 0.29) is 10.6 Å². The molecule has 2 aromatic rings. The molecule has 0 aromatic heterocycles. The van der Waals surface area contributed by atoms with E-state index in [1.807, 2.05) is 24.3 Å². The van der Waals surface area contributed by atoms with Crippen LogP contribution in [0.4, 0.5) is 11.4 Å². The first-order chi connectivity index (χ1) is 12.7. The molecular formula is C19H20N4O3. The van der Waals surface area contributed by atoms with Crippen LogP contribution in [0.25, 0.3) is 0 Å². The number of rotatable bonds is 6. The first-order valence-electron chi connectivity index (χ1n) is 8.50. The number of non-ortho nitro benzene ring substituents is 1. The molecule has 2 aromatic carbocycles. The van der Waals surface area contributed by atoms with Gasteiger partial charge < -0.3 is 9.64 Å². The second-order valence-electron chi connectivity index (χ2n) is 6.09. The summed E-state index contributed by atoms with van der Waals surface area (Å²) >= 11 is 0. The van der Waals surface area contributed by atoms with Gasteiger partial charge in [-0.1, -0.05) is 0 Å². The number of piperazine rings is 1. The molecule has 1 heterocycles. The van der Waals surface area contributed by atoms with E-state index >= 15 is 0 Å². The number of nitriles is 1. The number of ether oxygens (including phenoxy) is 1. The second-order valence-corrected chi connectivity index (χ2v) is 6.09. The number of hydrogen-bond donors (Lipinski definition) is 0. The summed E-state index contributed by atoms with van der Waals surface area (Å²) in [7, 11) is 0. The smallest absolute Gasteiger partial charge is 0.269 e. The molecule has 1 aliphatic heterocycles. The summed E-state index contributed by atoms with van der Waals surface area (Å²) < 4.78 is 5.73. The molecule has 1 aliphatic rings. The van der Waals surface area contributed by atoms with Crippen molar-refractivity contribution in [3.63, 3.8) is 0 Å². The number of benzene rings is 2. The van der Waals surface area contributed by atoms with Gasteiger partial charge in [0.05, 0.1) is 16.6 Å². The Hall–Kier alpha value is -3.11. The van der Waals surface area contributed by atoms with Gasteiger partial charge in [0.15, 0.2) is 0 Å². The molecule has 7 heteroatoms. The zero-order valence-corrected chi connectivity index (χ0v) is 14.4. The highest BCUT2D eigenvalue weighted by Gasteiger charge is 2.17. The zero-order chi connectivity index (χ0) is 18.4. The molecule has 26 heavy (non-hydrogen) atoms. The molecule has 7 nitrogen and oxygen atoms in total. The molecule has 0 spiro atoms. The van der Waals surface area contributed by atoms with Gasteiger partial charge in [-0.05, 0) is 36.4 Å². The molecule has 134 valence electrons. The number of nitrogens with zero attached hydrogens (tertiary/aromatic N) is 4. The van der Waals surface area contributed by atoms with Crippen LogP contribution in [-0.4, -0.2) is 49.2 Å². The highest BCUT2D eigenvalue weighted by atomic mass is 16.6. The molecule has 3 rings (SSSR count). The lowest BCUT2D eigenvalue weighted by atomic mass is 10.2. The molecule has 0 saturated carbocycles. The molecule has 0 radical (unpaired) electrons. The fourth-order valence-corrected chi connectivity index (χ4v) is 2.93. The van der Waals surface area contributed by atoms with Crippen molar-refractivity contribution in [3.8, 4) is 11.8 Å². The molecule has 1 fully saturated rings. The Bertz CT molecular complexity index is 776. The topological polar surface area (TPSA) is 82.6 Å². The average Bonchev–Trinajstić information content (AvgIpc) is 2.69. The fourth-order valence-electron chi connectivity index (χ4n) is 2.93. The van der Waals surface area contributed by atoms with Crippen LogP contribution < -0.4 is 9.64 Å². The van der Waals surface area contributed by atoms with E-state index < -0.39 is 0 Å². The Balaban J connectivity index is 1.42. The molecule has 0 amide bonds. The SMILES string of the molecule is N#Cc1ccc(OCCN2CCN(c3ccc([N+](=O)[O-])cc3)CC2)cc1. The van der Waals surface area contributed by atoms with Crippen molar-refractivity contribution >= 4 is 11.4 Å². The van der Waals surface area contributed by atoms with Crippen molar-refractivity contribution in [2.24, 2.45) is 0 Å². The van der Waals surface area contributed by atoms with E-state index in [2.05, 4.69) is 15.9 Å². The minimum Gasteiger partial charge on any atom is -0.492 e. The maximum Gasteiger partial charge on any atom is 0.269 e. The first kappa shape index (κ1) is 17.7. The standard InChI is InChI=1S/C19H20N4O3/c20-15-16-1-7-19(8-2-16)26-14-13-21-9-11-22(12-10-21)17-3-5-18(6-4-17)23(24)25/h1-8H,9-14H2. The van der Waals surface area contributed by atoms with Crippen LogP contribution in [0.15, 0.2) is 48.5 Å². The van der Waals surface area contributed by atoms with E-state index in [1.54, 1.807) is 24.3 Å². The predicted molar refractivity (Wildman–Crippen MR) is 98.4 cm³/mol. The first-order valence-corrected chi connectivity index (χ1v) is 8.50. The fraction of sp³-hybridized carbons (Fsp3) is 0.316. The molecule has 0 unspecified atom stereocenters. The van der Waals surface area contributed by atoms with E-state index in [0.29, 0.717) is 12.2 Å². The van der Waals surface area contributed by atoms with E-state index in [9.17, 15) is 10.1 Å². The van der Waals surface area contributed by atoms with Gasteiger partial charge in [-0.2, -0.15) is 5.26 Å². The molecule has 0 aliphatic carbocycles. The van der Waals surface area contributed by atoms with Gasteiger partial charge in [0, 0.05) is 50.5 Å². The quantitative estimate of drug-likeness (QED) is 0.587. The number of nitro groups is 1. The summed E-state index contributed by atoms with van der Waals surface area (Å²) in [5, 5.41) is 19.5. The van der Waals surface area contributed by atoms with Gasteiger partial charge in [0.1, 0.15) is 12.4 Å². The van der Waals surface area contributed by atoms with Gasteiger partial charge in [-0.15, -0.1) is 0 Å².